The van der Waals surface area contributed by atoms with E-state index in [-0.39, 0.29) is 17.9 Å². The average molecular weight is 341 g/mol. The molecule has 0 saturated carbocycles. The first-order valence-electron chi connectivity index (χ1n) is 8.23. The molecule has 2 N–H and O–H groups in total. The van der Waals surface area contributed by atoms with Gasteiger partial charge in [0, 0.05) is 30.1 Å². The zero-order valence-corrected chi connectivity index (χ0v) is 14.9. The maximum atomic E-state index is 12.4. The molecule has 132 valence electrons. The van der Waals surface area contributed by atoms with Crippen LogP contribution >= 0.6 is 0 Å². The number of anilines is 1. The lowest BCUT2D eigenvalue weighted by Crippen LogP contribution is -2.23. The molecule has 1 heterocycles. The van der Waals surface area contributed by atoms with Crippen molar-refractivity contribution in [2.24, 2.45) is 0 Å². The van der Waals surface area contributed by atoms with Crippen LogP contribution in [0, 0.1) is 6.92 Å². The second-order valence-electron chi connectivity index (χ2n) is 5.89. The Kier molecular flexibility index (Phi) is 6.11. The third kappa shape index (κ3) is 5.04. The van der Waals surface area contributed by atoms with Crippen LogP contribution in [0.4, 0.5) is 5.69 Å². The van der Waals surface area contributed by atoms with Gasteiger partial charge in [0.2, 0.25) is 5.88 Å². The highest BCUT2D eigenvalue weighted by atomic mass is 16.5. The number of ether oxygens (including phenoxy) is 1. The molecule has 6 nitrogen and oxygen atoms in total. The summed E-state index contributed by atoms with van der Waals surface area (Å²) in [4.78, 5) is 28.5. The maximum Gasteiger partial charge on any atom is 0.257 e. The van der Waals surface area contributed by atoms with E-state index in [0.717, 1.165) is 5.56 Å². The SMILES string of the molecule is CCNC(=O)c1ccc(C)c(NC(=O)c2ccc(OC(C)C)nc2)c1. The first-order chi connectivity index (χ1) is 11.9. The van der Waals surface area contributed by atoms with E-state index in [1.165, 1.54) is 6.20 Å². The van der Waals surface area contributed by atoms with Crippen LogP contribution in [0.25, 0.3) is 0 Å². The molecule has 0 aliphatic carbocycles. The van der Waals surface area contributed by atoms with Gasteiger partial charge in [0.25, 0.3) is 11.8 Å². The van der Waals surface area contributed by atoms with Gasteiger partial charge in [0.05, 0.1) is 11.7 Å². The summed E-state index contributed by atoms with van der Waals surface area (Å²) < 4.78 is 5.46. The largest absolute Gasteiger partial charge is 0.475 e. The van der Waals surface area contributed by atoms with Crippen LogP contribution in [0.2, 0.25) is 0 Å². The van der Waals surface area contributed by atoms with Crippen LogP contribution in [-0.2, 0) is 0 Å². The highest BCUT2D eigenvalue weighted by Gasteiger charge is 2.12. The van der Waals surface area contributed by atoms with E-state index >= 15 is 0 Å². The number of hydrogen-bond acceptors (Lipinski definition) is 4. The fourth-order valence-corrected chi connectivity index (χ4v) is 2.18. The lowest BCUT2D eigenvalue weighted by molar-refractivity contribution is 0.0954. The van der Waals surface area contributed by atoms with Crippen LogP contribution in [0.1, 0.15) is 47.1 Å². The van der Waals surface area contributed by atoms with Gasteiger partial charge in [-0.25, -0.2) is 4.98 Å². The monoisotopic (exact) mass is 341 g/mol. The van der Waals surface area contributed by atoms with E-state index in [4.69, 9.17) is 4.74 Å². The van der Waals surface area contributed by atoms with E-state index in [2.05, 4.69) is 15.6 Å². The van der Waals surface area contributed by atoms with Crippen molar-refractivity contribution in [1.82, 2.24) is 10.3 Å². The fourth-order valence-electron chi connectivity index (χ4n) is 2.18. The van der Waals surface area contributed by atoms with Crippen molar-refractivity contribution in [3.05, 3.63) is 53.2 Å². The number of hydrogen-bond donors (Lipinski definition) is 2. The van der Waals surface area contributed by atoms with Crippen LogP contribution < -0.4 is 15.4 Å². The lowest BCUT2D eigenvalue weighted by atomic mass is 10.1. The molecule has 2 aromatic rings. The second kappa shape index (κ2) is 8.28. The van der Waals surface area contributed by atoms with Gasteiger partial charge in [-0.05, 0) is 51.5 Å². The molecule has 0 bridgehead atoms. The fraction of sp³-hybridized carbons (Fsp3) is 0.316. The smallest absolute Gasteiger partial charge is 0.257 e. The Morgan fingerprint density at radius 1 is 1.12 bits per heavy atom. The molecule has 2 rings (SSSR count). The minimum Gasteiger partial charge on any atom is -0.475 e. The Morgan fingerprint density at radius 2 is 1.84 bits per heavy atom. The summed E-state index contributed by atoms with van der Waals surface area (Å²) in [5.41, 5.74) is 2.38. The lowest BCUT2D eigenvalue weighted by Gasteiger charge is -2.11. The first-order valence-corrected chi connectivity index (χ1v) is 8.23. The van der Waals surface area contributed by atoms with Crippen molar-refractivity contribution >= 4 is 17.5 Å². The molecule has 0 saturated heterocycles. The molecule has 0 radical (unpaired) electrons. The molecule has 0 unspecified atom stereocenters. The zero-order chi connectivity index (χ0) is 18.4. The molecule has 0 atom stereocenters. The Labute approximate surface area is 147 Å². The number of benzene rings is 1. The van der Waals surface area contributed by atoms with Crippen molar-refractivity contribution in [3.8, 4) is 5.88 Å². The number of amides is 2. The number of rotatable bonds is 6. The topological polar surface area (TPSA) is 80.3 Å². The summed E-state index contributed by atoms with van der Waals surface area (Å²) >= 11 is 0. The molecule has 1 aromatic carbocycles. The molecule has 2 amide bonds. The van der Waals surface area contributed by atoms with Crippen molar-refractivity contribution in [1.29, 1.82) is 0 Å². The summed E-state index contributed by atoms with van der Waals surface area (Å²) in [5, 5.41) is 5.56. The summed E-state index contributed by atoms with van der Waals surface area (Å²) in [6, 6.07) is 8.52. The van der Waals surface area contributed by atoms with Gasteiger partial charge in [0.1, 0.15) is 0 Å². The number of carbonyl (C=O) groups is 2. The predicted molar refractivity (Wildman–Crippen MR) is 97.1 cm³/mol. The molecular weight excluding hydrogens is 318 g/mol. The Bertz CT molecular complexity index is 755. The maximum absolute atomic E-state index is 12.4. The van der Waals surface area contributed by atoms with E-state index < -0.39 is 0 Å². The van der Waals surface area contributed by atoms with Crippen LogP contribution in [0.3, 0.4) is 0 Å². The Hall–Kier alpha value is -2.89. The highest BCUT2D eigenvalue weighted by molar-refractivity contribution is 6.05. The van der Waals surface area contributed by atoms with Crippen LogP contribution in [0.15, 0.2) is 36.5 Å². The normalized spacial score (nSPS) is 10.4. The van der Waals surface area contributed by atoms with Crippen LogP contribution in [-0.4, -0.2) is 29.4 Å². The quantitative estimate of drug-likeness (QED) is 0.846. The van der Waals surface area contributed by atoms with Crippen LogP contribution in [0.5, 0.6) is 5.88 Å². The molecule has 0 aliphatic heterocycles. The van der Waals surface area contributed by atoms with E-state index in [0.29, 0.717) is 29.2 Å². The number of carbonyl (C=O) groups excluding carboxylic acids is 2. The van der Waals surface area contributed by atoms with Gasteiger partial charge < -0.3 is 15.4 Å². The number of nitrogens with one attached hydrogen (secondary N) is 2. The van der Waals surface area contributed by atoms with Gasteiger partial charge >= 0.3 is 0 Å². The van der Waals surface area contributed by atoms with Gasteiger partial charge in [-0.1, -0.05) is 6.07 Å². The number of nitrogens with zero attached hydrogens (tertiary/aromatic N) is 1. The number of aromatic nitrogens is 1. The third-order valence-corrected chi connectivity index (χ3v) is 3.44. The summed E-state index contributed by atoms with van der Waals surface area (Å²) in [6.07, 6.45) is 1.49. The average Bonchev–Trinajstić information content (AvgIpc) is 2.57. The first kappa shape index (κ1) is 18.4. The Balaban J connectivity index is 2.14. The zero-order valence-electron chi connectivity index (χ0n) is 14.9. The van der Waals surface area contributed by atoms with E-state index in [9.17, 15) is 9.59 Å². The van der Waals surface area contributed by atoms with Crippen molar-refractivity contribution < 1.29 is 14.3 Å². The third-order valence-electron chi connectivity index (χ3n) is 3.44. The Morgan fingerprint density at radius 3 is 2.44 bits per heavy atom. The minimum atomic E-state index is -0.292. The molecule has 25 heavy (non-hydrogen) atoms. The molecule has 1 aromatic heterocycles. The molecule has 0 spiro atoms. The van der Waals surface area contributed by atoms with Crippen molar-refractivity contribution in [2.75, 3.05) is 11.9 Å². The minimum absolute atomic E-state index is 0.0202. The number of pyridine rings is 1. The van der Waals surface area contributed by atoms with E-state index in [1.807, 2.05) is 27.7 Å². The highest BCUT2D eigenvalue weighted by Crippen LogP contribution is 2.18. The summed E-state index contributed by atoms with van der Waals surface area (Å²) in [6.45, 7) is 8.09. The van der Waals surface area contributed by atoms with E-state index in [1.54, 1.807) is 30.3 Å². The predicted octanol–water partition coefficient (Wildman–Crippen LogP) is 3.18. The van der Waals surface area contributed by atoms with Crippen molar-refractivity contribution in [3.63, 3.8) is 0 Å². The van der Waals surface area contributed by atoms with Gasteiger partial charge in [-0.2, -0.15) is 0 Å². The van der Waals surface area contributed by atoms with Gasteiger partial charge in [0.15, 0.2) is 0 Å². The summed E-state index contributed by atoms with van der Waals surface area (Å²) in [5.74, 6) is 0.00978. The van der Waals surface area contributed by atoms with Gasteiger partial charge in [-0.15, -0.1) is 0 Å². The number of aryl methyl sites for hydroxylation is 1. The summed E-state index contributed by atoms with van der Waals surface area (Å²) in [7, 11) is 0. The van der Waals surface area contributed by atoms with Gasteiger partial charge in [-0.3, -0.25) is 9.59 Å². The molecule has 6 heteroatoms. The van der Waals surface area contributed by atoms with Crippen molar-refractivity contribution in [2.45, 2.75) is 33.8 Å². The standard InChI is InChI=1S/C19H23N3O3/c1-5-20-18(23)14-7-6-13(4)16(10-14)22-19(24)15-8-9-17(21-11-15)25-12(2)3/h6-12H,5H2,1-4H3,(H,20,23)(H,22,24). The second-order valence-corrected chi connectivity index (χ2v) is 5.89. The molecular formula is C19H23N3O3. The molecule has 0 aliphatic rings. The molecule has 0 fully saturated rings.